The average Bonchev–Trinajstić information content (AvgIpc) is 2.86. The minimum atomic E-state index is 0.0586. The predicted octanol–water partition coefficient (Wildman–Crippen LogP) is 2.09. The maximum absolute atomic E-state index is 11.7. The number of rotatable bonds is 5. The largest absolute Gasteiger partial charge is 0.496 e. The van der Waals surface area contributed by atoms with Gasteiger partial charge in [-0.25, -0.2) is 0 Å². The van der Waals surface area contributed by atoms with Crippen LogP contribution in [0.25, 0.3) is 0 Å². The molecule has 0 bridgehead atoms. The molecule has 110 valence electrons. The van der Waals surface area contributed by atoms with Gasteiger partial charge in [-0.15, -0.1) is 0 Å². The van der Waals surface area contributed by atoms with E-state index in [1.54, 1.807) is 21.3 Å². The van der Waals surface area contributed by atoms with E-state index in [4.69, 9.17) is 14.2 Å². The van der Waals surface area contributed by atoms with Crippen molar-refractivity contribution in [3.8, 4) is 17.2 Å². The summed E-state index contributed by atoms with van der Waals surface area (Å²) in [5.74, 6) is 2.19. The summed E-state index contributed by atoms with van der Waals surface area (Å²) in [6, 6.07) is 3.76. The molecule has 1 aliphatic rings. The van der Waals surface area contributed by atoms with Crippen LogP contribution in [-0.2, 0) is 4.79 Å². The monoisotopic (exact) mass is 279 g/mol. The summed E-state index contributed by atoms with van der Waals surface area (Å²) >= 11 is 0. The lowest BCUT2D eigenvalue weighted by Gasteiger charge is -2.23. The molecule has 1 aromatic rings. The zero-order valence-corrected chi connectivity index (χ0v) is 12.4. The number of carbonyl (C=O) groups excluding carboxylic acids is 1. The smallest absolute Gasteiger partial charge is 0.220 e. The van der Waals surface area contributed by atoms with E-state index in [9.17, 15) is 4.79 Å². The molecule has 1 N–H and O–H groups in total. The molecule has 0 spiro atoms. The topological polar surface area (TPSA) is 56.8 Å². The predicted molar refractivity (Wildman–Crippen MR) is 75.7 cm³/mol. The van der Waals surface area contributed by atoms with Crippen molar-refractivity contribution >= 4 is 5.91 Å². The molecule has 0 aromatic heterocycles. The molecule has 5 nitrogen and oxygen atoms in total. The van der Waals surface area contributed by atoms with E-state index in [0.29, 0.717) is 23.7 Å². The van der Waals surface area contributed by atoms with Crippen LogP contribution in [0.4, 0.5) is 0 Å². The first-order chi connectivity index (χ1) is 9.64. The summed E-state index contributed by atoms with van der Waals surface area (Å²) < 4.78 is 16.2. The van der Waals surface area contributed by atoms with Crippen molar-refractivity contribution in [3.63, 3.8) is 0 Å². The van der Waals surface area contributed by atoms with E-state index >= 15 is 0 Å². The molecule has 1 aliphatic heterocycles. The molecular weight excluding hydrogens is 258 g/mol. The van der Waals surface area contributed by atoms with Crippen LogP contribution in [0.2, 0.25) is 0 Å². The van der Waals surface area contributed by atoms with Gasteiger partial charge in [0.05, 0.1) is 21.3 Å². The molecule has 2 atom stereocenters. The van der Waals surface area contributed by atoms with Crippen LogP contribution in [0.3, 0.4) is 0 Å². The molecule has 1 amide bonds. The van der Waals surface area contributed by atoms with E-state index < -0.39 is 0 Å². The Morgan fingerprint density at radius 1 is 1.15 bits per heavy atom. The van der Waals surface area contributed by atoms with Crippen LogP contribution in [0.15, 0.2) is 12.1 Å². The van der Waals surface area contributed by atoms with E-state index in [1.165, 1.54) is 0 Å². The maximum Gasteiger partial charge on any atom is 0.220 e. The number of hydrogen-bond donors (Lipinski definition) is 1. The summed E-state index contributed by atoms with van der Waals surface area (Å²) in [6.45, 7) is 2.06. The van der Waals surface area contributed by atoms with Crippen molar-refractivity contribution in [1.82, 2.24) is 5.32 Å². The van der Waals surface area contributed by atoms with E-state index in [2.05, 4.69) is 12.2 Å². The molecule has 1 aromatic carbocycles. The first-order valence-electron chi connectivity index (χ1n) is 6.73. The third kappa shape index (κ3) is 2.53. The lowest BCUT2D eigenvalue weighted by atomic mass is 9.89. The Bertz CT molecular complexity index is 476. The minimum Gasteiger partial charge on any atom is -0.496 e. The van der Waals surface area contributed by atoms with Gasteiger partial charge < -0.3 is 19.5 Å². The highest BCUT2D eigenvalue weighted by Gasteiger charge is 2.36. The molecule has 1 saturated heterocycles. The highest BCUT2D eigenvalue weighted by Crippen LogP contribution is 2.43. The summed E-state index contributed by atoms with van der Waals surface area (Å²) in [6.07, 6.45) is 1.33. The van der Waals surface area contributed by atoms with Crippen LogP contribution in [0, 0.1) is 0 Å². The van der Waals surface area contributed by atoms with Crippen LogP contribution in [0.1, 0.15) is 31.2 Å². The summed E-state index contributed by atoms with van der Waals surface area (Å²) in [7, 11) is 4.83. The molecule has 0 radical (unpaired) electrons. The van der Waals surface area contributed by atoms with Crippen molar-refractivity contribution in [1.29, 1.82) is 0 Å². The second-order valence-electron chi connectivity index (χ2n) is 4.84. The first kappa shape index (κ1) is 14.5. The van der Waals surface area contributed by atoms with Crippen LogP contribution in [-0.4, -0.2) is 33.3 Å². The number of methoxy groups -OCH3 is 3. The number of nitrogens with one attached hydrogen (secondary N) is 1. The fourth-order valence-corrected chi connectivity index (χ4v) is 2.80. The zero-order chi connectivity index (χ0) is 14.7. The Kier molecular flexibility index (Phi) is 4.37. The fourth-order valence-electron chi connectivity index (χ4n) is 2.80. The Hall–Kier alpha value is -1.91. The zero-order valence-electron chi connectivity index (χ0n) is 12.4. The van der Waals surface area contributed by atoms with Gasteiger partial charge in [0.1, 0.15) is 17.2 Å². The first-order valence-corrected chi connectivity index (χ1v) is 6.73. The molecule has 5 heteroatoms. The van der Waals surface area contributed by atoms with Crippen molar-refractivity contribution < 1.29 is 19.0 Å². The lowest BCUT2D eigenvalue weighted by Crippen LogP contribution is -2.27. The van der Waals surface area contributed by atoms with Gasteiger partial charge in [-0.2, -0.15) is 0 Å². The molecular formula is C15H21NO4. The van der Waals surface area contributed by atoms with Crippen LogP contribution in [0.5, 0.6) is 17.2 Å². The highest BCUT2D eigenvalue weighted by atomic mass is 16.5. The SMILES string of the molecule is CCC1NC(=O)CC1c1c(OC)cc(OC)cc1OC. The molecule has 0 aliphatic carbocycles. The normalized spacial score (nSPS) is 21.5. The second-order valence-corrected chi connectivity index (χ2v) is 4.84. The molecule has 1 fully saturated rings. The Morgan fingerprint density at radius 2 is 1.75 bits per heavy atom. The van der Waals surface area contributed by atoms with Crippen LogP contribution >= 0.6 is 0 Å². The lowest BCUT2D eigenvalue weighted by molar-refractivity contribution is -0.119. The van der Waals surface area contributed by atoms with Gasteiger partial charge >= 0.3 is 0 Å². The van der Waals surface area contributed by atoms with Crippen molar-refractivity contribution in [2.75, 3.05) is 21.3 Å². The van der Waals surface area contributed by atoms with Gasteiger partial charge in [-0.3, -0.25) is 4.79 Å². The molecule has 1 heterocycles. The van der Waals surface area contributed by atoms with E-state index in [0.717, 1.165) is 12.0 Å². The third-order valence-corrected chi connectivity index (χ3v) is 3.80. The molecule has 20 heavy (non-hydrogen) atoms. The summed E-state index contributed by atoms with van der Waals surface area (Å²) in [5.41, 5.74) is 0.931. The van der Waals surface area contributed by atoms with Gasteiger partial charge in [0, 0.05) is 36.1 Å². The number of hydrogen-bond acceptors (Lipinski definition) is 4. The molecule has 0 saturated carbocycles. The van der Waals surface area contributed by atoms with E-state index in [1.807, 2.05) is 12.1 Å². The van der Waals surface area contributed by atoms with Crippen LogP contribution < -0.4 is 19.5 Å². The van der Waals surface area contributed by atoms with Crippen molar-refractivity contribution in [2.24, 2.45) is 0 Å². The van der Waals surface area contributed by atoms with Gasteiger partial charge in [-0.05, 0) is 6.42 Å². The van der Waals surface area contributed by atoms with Gasteiger partial charge in [0.15, 0.2) is 0 Å². The molecule has 2 rings (SSSR count). The maximum atomic E-state index is 11.7. The quantitative estimate of drug-likeness (QED) is 0.896. The fraction of sp³-hybridized carbons (Fsp3) is 0.533. The Balaban J connectivity index is 2.51. The number of benzene rings is 1. The number of amides is 1. The summed E-state index contributed by atoms with van der Waals surface area (Å²) in [4.78, 5) is 11.7. The van der Waals surface area contributed by atoms with Gasteiger partial charge in [0.25, 0.3) is 0 Å². The number of ether oxygens (including phenoxy) is 3. The second kappa shape index (κ2) is 6.03. The Labute approximate surface area is 119 Å². The van der Waals surface area contributed by atoms with Crippen molar-refractivity contribution in [2.45, 2.75) is 31.7 Å². The van der Waals surface area contributed by atoms with Crippen molar-refractivity contribution in [3.05, 3.63) is 17.7 Å². The minimum absolute atomic E-state index is 0.0586. The van der Waals surface area contributed by atoms with Gasteiger partial charge in [0.2, 0.25) is 5.91 Å². The van der Waals surface area contributed by atoms with E-state index in [-0.39, 0.29) is 17.9 Å². The Morgan fingerprint density at radius 3 is 2.20 bits per heavy atom. The van der Waals surface area contributed by atoms with Gasteiger partial charge in [-0.1, -0.05) is 6.92 Å². The molecule has 2 unspecified atom stereocenters. The third-order valence-electron chi connectivity index (χ3n) is 3.80. The standard InChI is InChI=1S/C15H21NO4/c1-5-11-10(8-14(17)16-11)15-12(19-3)6-9(18-2)7-13(15)20-4/h6-7,10-11H,5,8H2,1-4H3,(H,16,17). The number of carbonyl (C=O) groups is 1. The summed E-state index contributed by atoms with van der Waals surface area (Å²) in [5, 5.41) is 3.00. The highest BCUT2D eigenvalue weighted by molar-refractivity contribution is 5.81. The average molecular weight is 279 g/mol.